The van der Waals surface area contributed by atoms with Crippen LogP contribution in [0.15, 0.2) is 29.3 Å². The number of nitrogens with one attached hydrogen (secondary N) is 1. The van der Waals surface area contributed by atoms with Gasteiger partial charge in [-0.2, -0.15) is 0 Å². The molecule has 0 radical (unpaired) electrons. The van der Waals surface area contributed by atoms with E-state index in [1.54, 1.807) is 0 Å². The number of ether oxygens (including phenoxy) is 2. The Labute approximate surface area is 167 Å². The molecule has 1 aromatic rings. The largest absolute Gasteiger partial charge is 0.381 e. The summed E-state index contributed by atoms with van der Waals surface area (Å²) >= 11 is 0. The monoisotopic (exact) mass is 459 g/mol. The minimum Gasteiger partial charge on any atom is -0.381 e. The van der Waals surface area contributed by atoms with E-state index in [0.29, 0.717) is 5.96 Å². The number of hydrogen-bond donors (Lipinski definition) is 2. The second-order valence-electron chi connectivity index (χ2n) is 6.73. The summed E-state index contributed by atoms with van der Waals surface area (Å²) in [5.41, 5.74) is 8.56. The van der Waals surface area contributed by atoms with Gasteiger partial charge >= 0.3 is 0 Å². The van der Waals surface area contributed by atoms with Crippen molar-refractivity contribution < 1.29 is 9.47 Å². The summed E-state index contributed by atoms with van der Waals surface area (Å²) in [6, 6.07) is 8.55. The van der Waals surface area contributed by atoms with Crippen molar-refractivity contribution in [3.63, 3.8) is 0 Å². The van der Waals surface area contributed by atoms with E-state index >= 15 is 0 Å². The van der Waals surface area contributed by atoms with Crippen LogP contribution in [-0.4, -0.2) is 37.9 Å². The van der Waals surface area contributed by atoms with Crippen LogP contribution in [0.4, 0.5) is 5.69 Å². The highest BCUT2D eigenvalue weighted by Gasteiger charge is 2.56. The van der Waals surface area contributed by atoms with Crippen LogP contribution in [-0.2, 0) is 15.9 Å². The van der Waals surface area contributed by atoms with Gasteiger partial charge in [0.1, 0.15) is 0 Å². The first-order chi connectivity index (χ1) is 11.7. The molecule has 1 aliphatic carbocycles. The molecular weight excluding hydrogens is 429 g/mol. The van der Waals surface area contributed by atoms with Crippen molar-refractivity contribution in [2.45, 2.75) is 51.7 Å². The molecule has 25 heavy (non-hydrogen) atoms. The summed E-state index contributed by atoms with van der Waals surface area (Å²) in [6.45, 7) is 6.54. The number of benzene rings is 1. The Balaban J connectivity index is 0.00000225. The van der Waals surface area contributed by atoms with E-state index in [2.05, 4.69) is 43.4 Å². The number of anilines is 1. The Kier molecular flexibility index (Phi) is 7.51. The topological polar surface area (TPSA) is 68.9 Å². The maximum absolute atomic E-state index is 6.16. The number of aryl methyl sites for hydroxylation is 1. The molecule has 2 unspecified atom stereocenters. The molecule has 0 bridgehead atoms. The first kappa shape index (κ1) is 20.5. The Morgan fingerprint density at radius 2 is 1.96 bits per heavy atom. The van der Waals surface area contributed by atoms with Crippen molar-refractivity contribution in [1.82, 2.24) is 0 Å². The number of aliphatic imine (C=N–C) groups is 1. The van der Waals surface area contributed by atoms with Crippen LogP contribution in [0.3, 0.4) is 0 Å². The number of halogens is 1. The zero-order valence-corrected chi connectivity index (χ0v) is 17.5. The van der Waals surface area contributed by atoms with Gasteiger partial charge in [-0.3, -0.25) is 0 Å². The van der Waals surface area contributed by atoms with E-state index in [-0.39, 0.29) is 41.5 Å². The van der Waals surface area contributed by atoms with E-state index in [9.17, 15) is 0 Å². The second-order valence-corrected chi connectivity index (χ2v) is 6.73. The first-order valence-electron chi connectivity index (χ1n) is 9.06. The molecule has 2 aliphatic rings. The molecule has 1 saturated heterocycles. The van der Waals surface area contributed by atoms with Gasteiger partial charge in [0.15, 0.2) is 5.96 Å². The van der Waals surface area contributed by atoms with Crippen LogP contribution in [0.2, 0.25) is 0 Å². The zero-order chi connectivity index (χ0) is 17.0. The molecule has 5 nitrogen and oxygen atoms in total. The Bertz CT molecular complexity index is 571. The third-order valence-corrected chi connectivity index (χ3v) is 5.46. The van der Waals surface area contributed by atoms with Crippen molar-refractivity contribution >= 4 is 35.6 Å². The lowest BCUT2D eigenvalue weighted by molar-refractivity contribution is -0.163. The molecular formula is C19H30IN3O2. The lowest BCUT2D eigenvalue weighted by Gasteiger charge is -2.55. The third-order valence-electron chi connectivity index (χ3n) is 5.46. The molecule has 1 aliphatic heterocycles. The second kappa shape index (κ2) is 9.19. The molecule has 140 valence electrons. The van der Waals surface area contributed by atoms with Gasteiger partial charge in [0.2, 0.25) is 0 Å². The Morgan fingerprint density at radius 3 is 2.56 bits per heavy atom. The van der Waals surface area contributed by atoms with Gasteiger partial charge in [-0.25, -0.2) is 4.99 Å². The number of nitrogens with two attached hydrogens (primary N) is 1. The van der Waals surface area contributed by atoms with Gasteiger partial charge in [-0.05, 0) is 50.3 Å². The van der Waals surface area contributed by atoms with E-state index < -0.39 is 0 Å². The van der Waals surface area contributed by atoms with E-state index in [4.69, 9.17) is 20.2 Å². The highest BCUT2D eigenvalue weighted by atomic mass is 127. The average Bonchev–Trinajstić information content (AvgIpc) is 2.62. The van der Waals surface area contributed by atoms with Gasteiger partial charge in [0.25, 0.3) is 0 Å². The zero-order valence-electron chi connectivity index (χ0n) is 15.2. The van der Waals surface area contributed by atoms with Crippen molar-refractivity contribution in [3.8, 4) is 0 Å². The number of rotatable bonds is 5. The molecule has 1 spiro atoms. The van der Waals surface area contributed by atoms with Crippen molar-refractivity contribution in [1.29, 1.82) is 0 Å². The highest BCUT2D eigenvalue weighted by Crippen LogP contribution is 2.52. The first-order valence-corrected chi connectivity index (χ1v) is 9.06. The van der Waals surface area contributed by atoms with Crippen molar-refractivity contribution in [3.05, 3.63) is 29.8 Å². The number of guanidine groups is 1. The quantitative estimate of drug-likeness (QED) is 0.402. The molecule has 1 saturated carbocycles. The molecule has 1 heterocycles. The SMILES string of the molecule is CCOC1CC(N=C(N)Nc2ccc(CC)cc2)C12CCOCC2.I. The minimum atomic E-state index is 0. The van der Waals surface area contributed by atoms with Gasteiger partial charge in [0.05, 0.1) is 12.1 Å². The number of hydrogen-bond acceptors (Lipinski definition) is 3. The third kappa shape index (κ3) is 4.46. The molecule has 0 aromatic heterocycles. The maximum Gasteiger partial charge on any atom is 0.193 e. The molecule has 3 rings (SSSR count). The lowest BCUT2D eigenvalue weighted by Crippen LogP contribution is -2.60. The van der Waals surface area contributed by atoms with Gasteiger partial charge in [-0.15, -0.1) is 24.0 Å². The fourth-order valence-electron chi connectivity index (χ4n) is 3.92. The Morgan fingerprint density at radius 1 is 1.28 bits per heavy atom. The molecule has 3 N–H and O–H groups in total. The van der Waals surface area contributed by atoms with Gasteiger partial charge < -0.3 is 20.5 Å². The summed E-state index contributed by atoms with van der Waals surface area (Å²) in [6.07, 6.45) is 4.28. The van der Waals surface area contributed by atoms with Crippen molar-refractivity contribution in [2.24, 2.45) is 16.1 Å². The van der Waals surface area contributed by atoms with E-state index in [1.807, 2.05) is 0 Å². The van der Waals surface area contributed by atoms with Crippen LogP contribution in [0.5, 0.6) is 0 Å². The smallest absolute Gasteiger partial charge is 0.193 e. The molecule has 0 amide bonds. The summed E-state index contributed by atoms with van der Waals surface area (Å²) in [5, 5.41) is 3.22. The summed E-state index contributed by atoms with van der Waals surface area (Å²) in [5.74, 6) is 0.491. The standard InChI is InChI=1S/C19H29N3O2.HI/c1-3-14-5-7-15(8-6-14)21-18(20)22-16-13-17(24-4-2)19(16)9-11-23-12-10-19;/h5-8,16-17H,3-4,9-13H2,1-2H3,(H3,20,21,22);1H. The average molecular weight is 459 g/mol. The van der Waals surface area contributed by atoms with Crippen molar-refractivity contribution in [2.75, 3.05) is 25.1 Å². The van der Waals surface area contributed by atoms with Crippen LogP contribution in [0.1, 0.15) is 38.7 Å². The normalized spacial score (nSPS) is 25.1. The molecule has 6 heteroatoms. The number of nitrogens with zero attached hydrogens (tertiary/aromatic N) is 1. The summed E-state index contributed by atoms with van der Waals surface area (Å²) in [7, 11) is 0. The fraction of sp³-hybridized carbons (Fsp3) is 0.632. The van der Waals surface area contributed by atoms with Crippen LogP contribution in [0, 0.1) is 5.41 Å². The Hall–Kier alpha value is -0.860. The molecule has 2 atom stereocenters. The van der Waals surface area contributed by atoms with Crippen LogP contribution in [0.25, 0.3) is 0 Å². The molecule has 2 fully saturated rings. The summed E-state index contributed by atoms with van der Waals surface area (Å²) in [4.78, 5) is 4.78. The predicted octanol–water partition coefficient (Wildman–Crippen LogP) is 3.57. The predicted molar refractivity (Wildman–Crippen MR) is 113 cm³/mol. The minimum absolute atomic E-state index is 0. The van der Waals surface area contributed by atoms with Crippen LogP contribution >= 0.6 is 24.0 Å². The van der Waals surface area contributed by atoms with Gasteiger partial charge in [0, 0.05) is 30.9 Å². The van der Waals surface area contributed by atoms with E-state index in [1.165, 1.54) is 5.56 Å². The van der Waals surface area contributed by atoms with E-state index in [0.717, 1.165) is 51.2 Å². The fourth-order valence-corrected chi connectivity index (χ4v) is 3.92. The lowest BCUT2D eigenvalue weighted by atomic mass is 9.58. The molecule has 1 aromatic carbocycles. The summed E-state index contributed by atoms with van der Waals surface area (Å²) < 4.78 is 11.5. The van der Waals surface area contributed by atoms with Gasteiger partial charge in [-0.1, -0.05) is 19.1 Å². The maximum atomic E-state index is 6.16. The highest BCUT2D eigenvalue weighted by molar-refractivity contribution is 14.0. The van der Waals surface area contributed by atoms with Crippen LogP contribution < -0.4 is 11.1 Å².